The van der Waals surface area contributed by atoms with Crippen LogP contribution in [0.2, 0.25) is 0 Å². The Labute approximate surface area is 88.1 Å². The Morgan fingerprint density at radius 2 is 2.38 bits per heavy atom. The van der Waals surface area contributed by atoms with Gasteiger partial charge in [-0.1, -0.05) is 5.16 Å². The van der Waals surface area contributed by atoms with Gasteiger partial charge in [-0.25, -0.2) is 4.98 Å². The highest BCUT2D eigenvalue weighted by Crippen LogP contribution is 2.21. The molecule has 0 radical (unpaired) electrons. The third-order valence-electron chi connectivity index (χ3n) is 1.91. The molecule has 2 rings (SSSR count). The van der Waals surface area contributed by atoms with Crippen molar-refractivity contribution in [2.45, 2.75) is 0 Å². The van der Waals surface area contributed by atoms with Gasteiger partial charge in [0, 0.05) is 6.07 Å². The van der Waals surface area contributed by atoms with Gasteiger partial charge < -0.3 is 15.4 Å². The van der Waals surface area contributed by atoms with Crippen LogP contribution in [0.25, 0.3) is 11.1 Å². The molecule has 16 heavy (non-hydrogen) atoms. The maximum absolute atomic E-state index is 10.5. The van der Waals surface area contributed by atoms with Crippen molar-refractivity contribution in [1.29, 1.82) is 0 Å². The molecule has 8 nitrogen and oxygen atoms in total. The Morgan fingerprint density at radius 3 is 3.00 bits per heavy atom. The van der Waals surface area contributed by atoms with Gasteiger partial charge in [-0.05, 0) is 6.07 Å². The first kappa shape index (κ1) is 9.90. The van der Waals surface area contributed by atoms with E-state index in [-0.39, 0.29) is 23.0 Å². The third kappa shape index (κ3) is 1.52. The number of oxazole rings is 1. The molecule has 1 aromatic carbocycles. The summed E-state index contributed by atoms with van der Waals surface area (Å²) in [6.07, 6.45) is 0. The van der Waals surface area contributed by atoms with Crippen molar-refractivity contribution in [3.63, 3.8) is 0 Å². The van der Waals surface area contributed by atoms with Crippen molar-refractivity contribution >= 4 is 22.6 Å². The Bertz CT molecular complexity index is 589. The third-order valence-corrected chi connectivity index (χ3v) is 1.91. The molecule has 1 aromatic heterocycles. The lowest BCUT2D eigenvalue weighted by Crippen LogP contribution is -2.13. The van der Waals surface area contributed by atoms with Gasteiger partial charge in [0.15, 0.2) is 5.58 Å². The number of nitrogens with zero attached hydrogens (tertiary/aromatic N) is 3. The summed E-state index contributed by atoms with van der Waals surface area (Å²) in [6, 6.07) is 3.93. The first-order valence-electron chi connectivity index (χ1n) is 4.14. The minimum absolute atomic E-state index is 0.0852. The molecule has 82 valence electrons. The van der Waals surface area contributed by atoms with Crippen molar-refractivity contribution in [3.05, 3.63) is 34.2 Å². The number of fused-ring (bicyclic) bond motifs is 1. The lowest BCUT2D eigenvalue weighted by atomic mass is 10.3. The number of nitrogens with two attached hydrogens (primary N) is 1. The zero-order chi connectivity index (χ0) is 11.7. The van der Waals surface area contributed by atoms with E-state index in [4.69, 9.17) is 15.4 Å². The Balaban J connectivity index is 2.58. The van der Waals surface area contributed by atoms with Crippen LogP contribution < -0.4 is 5.73 Å². The highest BCUT2D eigenvalue weighted by Gasteiger charge is 2.13. The molecule has 0 saturated heterocycles. The van der Waals surface area contributed by atoms with E-state index >= 15 is 0 Å². The minimum Gasteiger partial charge on any atom is -0.433 e. The standard InChI is InChI=1S/C8H6N4O4/c9-7(11-13)8-10-5-2-1-4(12(14)15)3-6(5)16-8/h1-3,13H,(H2,9,11). The van der Waals surface area contributed by atoms with E-state index in [2.05, 4.69) is 10.1 Å². The SMILES string of the molecule is N/C(=N\O)c1nc2ccc([N+](=O)[O-])cc2o1. The molecule has 0 aliphatic heterocycles. The first-order valence-corrected chi connectivity index (χ1v) is 4.14. The van der Waals surface area contributed by atoms with Gasteiger partial charge >= 0.3 is 0 Å². The Morgan fingerprint density at radius 1 is 1.62 bits per heavy atom. The highest BCUT2D eigenvalue weighted by atomic mass is 16.6. The molecule has 0 spiro atoms. The summed E-state index contributed by atoms with van der Waals surface area (Å²) in [7, 11) is 0. The number of rotatable bonds is 2. The van der Waals surface area contributed by atoms with E-state index in [0.717, 1.165) is 0 Å². The lowest BCUT2D eigenvalue weighted by molar-refractivity contribution is -0.384. The summed E-state index contributed by atoms with van der Waals surface area (Å²) in [5.41, 5.74) is 5.75. The zero-order valence-corrected chi connectivity index (χ0v) is 7.82. The van der Waals surface area contributed by atoms with E-state index < -0.39 is 4.92 Å². The zero-order valence-electron chi connectivity index (χ0n) is 7.82. The van der Waals surface area contributed by atoms with Crippen LogP contribution in [0.5, 0.6) is 0 Å². The van der Waals surface area contributed by atoms with Crippen molar-refractivity contribution < 1.29 is 14.5 Å². The van der Waals surface area contributed by atoms with E-state index in [1.165, 1.54) is 18.2 Å². The van der Waals surface area contributed by atoms with E-state index in [1.807, 2.05) is 0 Å². The Kier molecular flexibility index (Phi) is 2.16. The van der Waals surface area contributed by atoms with Crippen LogP contribution >= 0.6 is 0 Å². The Hall–Kier alpha value is -2.64. The molecule has 3 N–H and O–H groups in total. The topological polar surface area (TPSA) is 128 Å². The van der Waals surface area contributed by atoms with Crippen LogP contribution in [-0.2, 0) is 0 Å². The number of benzene rings is 1. The normalized spacial score (nSPS) is 11.9. The number of nitro benzene ring substituents is 1. The van der Waals surface area contributed by atoms with E-state index in [1.54, 1.807) is 0 Å². The summed E-state index contributed by atoms with van der Waals surface area (Å²) < 4.78 is 5.08. The molecule has 1 heterocycles. The number of non-ortho nitro benzene ring substituents is 1. The fourth-order valence-electron chi connectivity index (χ4n) is 1.18. The van der Waals surface area contributed by atoms with Gasteiger partial charge in [0.05, 0.1) is 11.0 Å². The van der Waals surface area contributed by atoms with E-state index in [9.17, 15) is 10.1 Å². The number of hydrogen-bond donors (Lipinski definition) is 2. The monoisotopic (exact) mass is 222 g/mol. The average molecular weight is 222 g/mol. The van der Waals surface area contributed by atoms with E-state index in [0.29, 0.717) is 5.52 Å². The lowest BCUT2D eigenvalue weighted by Gasteiger charge is -1.88. The predicted octanol–water partition coefficient (Wildman–Crippen LogP) is 0.831. The summed E-state index contributed by atoms with van der Waals surface area (Å²) >= 11 is 0. The van der Waals surface area contributed by atoms with Crippen molar-refractivity contribution in [1.82, 2.24) is 4.98 Å². The quantitative estimate of drug-likeness (QED) is 0.254. The maximum Gasteiger partial charge on any atom is 0.273 e. The van der Waals surface area contributed by atoms with Crippen LogP contribution in [0.15, 0.2) is 27.8 Å². The van der Waals surface area contributed by atoms with Crippen LogP contribution in [0.3, 0.4) is 0 Å². The smallest absolute Gasteiger partial charge is 0.273 e. The van der Waals surface area contributed by atoms with Gasteiger partial charge in [0.1, 0.15) is 5.52 Å². The van der Waals surface area contributed by atoms with Crippen molar-refractivity contribution in [2.24, 2.45) is 10.9 Å². The second-order valence-corrected chi connectivity index (χ2v) is 2.91. The molecule has 0 atom stereocenters. The van der Waals surface area contributed by atoms with Crippen molar-refractivity contribution in [2.75, 3.05) is 0 Å². The second kappa shape index (κ2) is 3.50. The fraction of sp³-hybridized carbons (Fsp3) is 0. The molecule has 0 amide bonds. The molecule has 0 unspecified atom stereocenters. The number of oxime groups is 1. The van der Waals surface area contributed by atoms with Crippen LogP contribution in [0.4, 0.5) is 5.69 Å². The predicted molar refractivity (Wildman–Crippen MR) is 53.2 cm³/mol. The van der Waals surface area contributed by atoms with Crippen LogP contribution in [0, 0.1) is 10.1 Å². The van der Waals surface area contributed by atoms with Gasteiger partial charge in [-0.2, -0.15) is 0 Å². The average Bonchev–Trinajstić information content (AvgIpc) is 2.70. The van der Waals surface area contributed by atoms with Gasteiger partial charge in [-0.15, -0.1) is 0 Å². The van der Waals surface area contributed by atoms with Gasteiger partial charge in [0.2, 0.25) is 5.84 Å². The molecular weight excluding hydrogens is 216 g/mol. The van der Waals surface area contributed by atoms with Gasteiger partial charge in [0.25, 0.3) is 11.6 Å². The van der Waals surface area contributed by atoms with Gasteiger partial charge in [-0.3, -0.25) is 10.1 Å². The summed E-state index contributed by atoms with van der Waals surface area (Å²) in [4.78, 5) is 13.8. The minimum atomic E-state index is -0.550. The number of nitro groups is 1. The highest BCUT2D eigenvalue weighted by molar-refractivity contribution is 5.95. The van der Waals surface area contributed by atoms with Crippen LogP contribution in [-0.4, -0.2) is 21.0 Å². The second-order valence-electron chi connectivity index (χ2n) is 2.91. The summed E-state index contributed by atoms with van der Waals surface area (Å²) in [5.74, 6) is -0.378. The molecule has 0 aliphatic carbocycles. The van der Waals surface area contributed by atoms with Crippen molar-refractivity contribution in [3.8, 4) is 0 Å². The molecule has 2 aromatic rings. The molecule has 0 saturated carbocycles. The number of amidine groups is 1. The van der Waals surface area contributed by atoms with Crippen LogP contribution in [0.1, 0.15) is 5.89 Å². The summed E-state index contributed by atoms with van der Waals surface area (Å²) in [6.45, 7) is 0. The molecule has 0 fully saturated rings. The first-order chi connectivity index (χ1) is 7.61. The molecular formula is C8H6N4O4. The largest absolute Gasteiger partial charge is 0.433 e. The molecule has 0 aliphatic rings. The number of hydrogen-bond acceptors (Lipinski definition) is 6. The fourth-order valence-corrected chi connectivity index (χ4v) is 1.18. The maximum atomic E-state index is 10.5. The summed E-state index contributed by atoms with van der Waals surface area (Å²) in [5, 5.41) is 21.6. The molecule has 8 heteroatoms. The molecule has 0 bridgehead atoms. The number of aromatic nitrogens is 1.